The van der Waals surface area contributed by atoms with Gasteiger partial charge in [0.25, 0.3) is 0 Å². The molecule has 1 atom stereocenters. The highest BCUT2D eigenvalue weighted by molar-refractivity contribution is 14.1. The monoisotopic (exact) mass is 440 g/mol. The van der Waals surface area contributed by atoms with Crippen molar-refractivity contribution in [1.29, 1.82) is 0 Å². The maximum Gasteiger partial charge on any atom is 0.151 e. The Morgan fingerprint density at radius 3 is 1.53 bits per heavy atom. The molecule has 0 spiro atoms. The predicted molar refractivity (Wildman–Crippen MR) is 84.0 cm³/mol. The van der Waals surface area contributed by atoms with Crippen LogP contribution < -0.4 is 0 Å². The van der Waals surface area contributed by atoms with Gasteiger partial charge in [-0.05, 0) is 46.3 Å². The van der Waals surface area contributed by atoms with Crippen LogP contribution in [0.1, 0.15) is 64.2 Å². The fourth-order valence-corrected chi connectivity index (χ4v) is 2.61. The quantitative estimate of drug-likeness (QED) is 0.209. The molecule has 0 rings (SSSR count). The zero-order chi connectivity index (χ0) is 11.4. The fraction of sp³-hybridized carbons (Fsp3) is 1.00. The number of halogens is 3. The van der Waals surface area contributed by atoms with Crippen LogP contribution in [-0.2, 0) is 0 Å². The van der Waals surface area contributed by atoms with E-state index in [9.17, 15) is 4.39 Å². The van der Waals surface area contributed by atoms with Gasteiger partial charge in [0.1, 0.15) is 0 Å². The van der Waals surface area contributed by atoms with E-state index < -0.39 is 4.18 Å². The molecule has 0 aromatic carbocycles. The summed E-state index contributed by atoms with van der Waals surface area (Å²) in [5, 5.41) is 0. The highest BCUT2D eigenvalue weighted by Crippen LogP contribution is 2.15. The molecule has 0 fully saturated rings. The number of unbranched alkanes of at least 4 members (excludes halogenated alkanes) is 8. The number of hydrogen-bond acceptors (Lipinski definition) is 0. The summed E-state index contributed by atoms with van der Waals surface area (Å²) in [7, 11) is 0. The molecule has 92 valence electrons. The van der Waals surface area contributed by atoms with Gasteiger partial charge in [-0.3, -0.25) is 0 Å². The smallest absolute Gasteiger partial charge is 0.151 e. The maximum atomic E-state index is 12.4. The molecule has 1 unspecified atom stereocenters. The van der Waals surface area contributed by atoms with Crippen molar-refractivity contribution in [2.24, 2.45) is 0 Å². The van der Waals surface area contributed by atoms with Crippen molar-refractivity contribution in [1.82, 2.24) is 0 Å². The zero-order valence-electron chi connectivity index (χ0n) is 9.49. The summed E-state index contributed by atoms with van der Waals surface area (Å²) in [6.07, 6.45) is 12.7. The average molecular weight is 440 g/mol. The summed E-state index contributed by atoms with van der Waals surface area (Å²) in [5.74, 6) is 0. The second-order valence-corrected chi connectivity index (χ2v) is 6.48. The lowest BCUT2D eigenvalue weighted by Crippen LogP contribution is -1.87. The Morgan fingerprint density at radius 1 is 0.733 bits per heavy atom. The molecule has 0 saturated carbocycles. The molecule has 0 radical (unpaired) electrons. The highest BCUT2D eigenvalue weighted by Gasteiger charge is 1.98. The van der Waals surface area contributed by atoms with Gasteiger partial charge in [0.05, 0.1) is 0 Å². The number of hydrogen-bond donors (Lipinski definition) is 0. The van der Waals surface area contributed by atoms with Gasteiger partial charge in [-0.15, -0.1) is 0 Å². The largest absolute Gasteiger partial charge is 0.236 e. The molecular formula is C12H23FI2. The molecule has 3 heteroatoms. The summed E-state index contributed by atoms with van der Waals surface area (Å²) in [6, 6.07) is 0. The summed E-state index contributed by atoms with van der Waals surface area (Å²) < 4.78 is 13.1. The van der Waals surface area contributed by atoms with Crippen LogP contribution in [-0.4, -0.2) is 8.61 Å². The van der Waals surface area contributed by atoms with Crippen molar-refractivity contribution in [3.63, 3.8) is 0 Å². The van der Waals surface area contributed by atoms with Gasteiger partial charge < -0.3 is 0 Å². The van der Waals surface area contributed by atoms with E-state index >= 15 is 0 Å². The zero-order valence-corrected chi connectivity index (χ0v) is 13.8. The lowest BCUT2D eigenvalue weighted by atomic mass is 10.1. The van der Waals surface area contributed by atoms with Crippen LogP contribution in [0.3, 0.4) is 0 Å². The predicted octanol–water partition coefficient (Wildman–Crippen LogP) is 6.05. The molecule has 0 aromatic rings. The minimum Gasteiger partial charge on any atom is -0.236 e. The van der Waals surface area contributed by atoms with Crippen LogP contribution in [0.4, 0.5) is 4.39 Å². The van der Waals surface area contributed by atoms with E-state index in [2.05, 4.69) is 22.6 Å². The van der Waals surface area contributed by atoms with E-state index in [4.69, 9.17) is 0 Å². The molecule has 0 nitrogen and oxygen atoms in total. The number of alkyl halides is 3. The van der Waals surface area contributed by atoms with Crippen molar-refractivity contribution in [3.05, 3.63) is 0 Å². The molecule has 0 saturated heterocycles. The van der Waals surface area contributed by atoms with Gasteiger partial charge in [0.2, 0.25) is 0 Å². The lowest BCUT2D eigenvalue weighted by Gasteiger charge is -2.02. The maximum absolute atomic E-state index is 12.4. The van der Waals surface area contributed by atoms with Crippen LogP contribution in [0.15, 0.2) is 0 Å². The van der Waals surface area contributed by atoms with E-state index in [0.29, 0.717) is 0 Å². The molecule has 15 heavy (non-hydrogen) atoms. The van der Waals surface area contributed by atoms with E-state index in [1.54, 1.807) is 0 Å². The molecule has 0 aliphatic rings. The van der Waals surface area contributed by atoms with Gasteiger partial charge in [-0.2, -0.15) is 0 Å². The second-order valence-electron chi connectivity index (χ2n) is 4.05. The first-order valence-electron chi connectivity index (χ1n) is 6.11. The van der Waals surface area contributed by atoms with Gasteiger partial charge in [-0.1, -0.05) is 67.5 Å². The summed E-state index contributed by atoms with van der Waals surface area (Å²) in [4.78, 5) is 0. The van der Waals surface area contributed by atoms with E-state index in [1.165, 1.54) is 55.8 Å². The molecule has 0 bridgehead atoms. The third kappa shape index (κ3) is 15.4. The summed E-state index contributed by atoms with van der Waals surface area (Å²) in [6.45, 7) is 0. The van der Waals surface area contributed by atoms with E-state index in [1.807, 2.05) is 22.6 Å². The molecular weight excluding hydrogens is 417 g/mol. The Morgan fingerprint density at radius 2 is 1.13 bits per heavy atom. The second kappa shape index (κ2) is 13.5. The molecule has 0 aliphatic carbocycles. The standard InChI is InChI=1S/C12H23FI2/c13-12(15)10-8-6-4-2-1-3-5-7-9-11-14/h12H,1-11H2. The Hall–Kier alpha value is 1.39. The third-order valence-electron chi connectivity index (χ3n) is 2.56. The van der Waals surface area contributed by atoms with Crippen molar-refractivity contribution in [3.8, 4) is 0 Å². The van der Waals surface area contributed by atoms with Gasteiger partial charge in [0, 0.05) is 0 Å². The van der Waals surface area contributed by atoms with Gasteiger partial charge >= 0.3 is 0 Å². The molecule has 0 heterocycles. The van der Waals surface area contributed by atoms with Crippen LogP contribution in [0.2, 0.25) is 0 Å². The van der Waals surface area contributed by atoms with Crippen molar-refractivity contribution >= 4 is 45.2 Å². The van der Waals surface area contributed by atoms with Crippen LogP contribution in [0.25, 0.3) is 0 Å². The van der Waals surface area contributed by atoms with Crippen LogP contribution >= 0.6 is 45.2 Å². The first-order chi connectivity index (χ1) is 7.27. The normalized spacial score (nSPS) is 13.0. The van der Waals surface area contributed by atoms with E-state index in [0.717, 1.165) is 12.8 Å². The minimum absolute atomic E-state index is 0.629. The molecule has 0 amide bonds. The molecule has 0 aliphatic heterocycles. The van der Waals surface area contributed by atoms with Crippen molar-refractivity contribution in [2.75, 3.05) is 4.43 Å². The fourth-order valence-electron chi connectivity index (χ4n) is 1.63. The Balaban J connectivity index is 2.87. The van der Waals surface area contributed by atoms with Crippen LogP contribution in [0, 0.1) is 0 Å². The number of rotatable bonds is 11. The average Bonchev–Trinajstić information content (AvgIpc) is 2.20. The molecule has 0 aromatic heterocycles. The SMILES string of the molecule is FC(I)CCCCCCCCCCCI. The first kappa shape index (κ1) is 16.4. The van der Waals surface area contributed by atoms with Gasteiger partial charge in [0.15, 0.2) is 4.18 Å². The Bertz CT molecular complexity index is 118. The topological polar surface area (TPSA) is 0 Å². The Labute approximate surface area is 121 Å². The van der Waals surface area contributed by atoms with Gasteiger partial charge in [-0.25, -0.2) is 4.39 Å². The molecule has 0 N–H and O–H groups in total. The summed E-state index contributed by atoms with van der Waals surface area (Å²) >= 11 is 4.31. The minimum atomic E-state index is -0.629. The van der Waals surface area contributed by atoms with E-state index in [-0.39, 0.29) is 0 Å². The lowest BCUT2D eigenvalue weighted by molar-refractivity contribution is 0.428. The van der Waals surface area contributed by atoms with Crippen LogP contribution in [0.5, 0.6) is 0 Å². The highest BCUT2D eigenvalue weighted by atomic mass is 127. The first-order valence-corrected chi connectivity index (χ1v) is 8.88. The third-order valence-corrected chi connectivity index (χ3v) is 3.94. The Kier molecular flexibility index (Phi) is 14.7. The summed E-state index contributed by atoms with van der Waals surface area (Å²) in [5.41, 5.74) is 0. The van der Waals surface area contributed by atoms with Crippen molar-refractivity contribution in [2.45, 2.75) is 68.4 Å². The van der Waals surface area contributed by atoms with Crippen molar-refractivity contribution < 1.29 is 4.39 Å².